The van der Waals surface area contributed by atoms with Gasteiger partial charge in [-0.2, -0.15) is 4.98 Å². The van der Waals surface area contributed by atoms with Gasteiger partial charge < -0.3 is 9.26 Å². The van der Waals surface area contributed by atoms with E-state index in [-0.39, 0.29) is 5.97 Å². The lowest BCUT2D eigenvalue weighted by molar-refractivity contribution is -0.145. The largest absolute Gasteiger partial charge is 0.465 e. The first-order chi connectivity index (χ1) is 10.2. The summed E-state index contributed by atoms with van der Waals surface area (Å²) < 4.78 is 10.4. The molecule has 0 bridgehead atoms. The van der Waals surface area contributed by atoms with Crippen LogP contribution in [0.25, 0.3) is 0 Å². The number of ether oxygens (including phenoxy) is 1. The van der Waals surface area contributed by atoms with E-state index >= 15 is 0 Å². The highest BCUT2D eigenvalue weighted by molar-refractivity contribution is 5.76. The lowest BCUT2D eigenvalue weighted by Gasteiger charge is -2.26. The third-order valence-corrected chi connectivity index (χ3v) is 4.46. The average molecular weight is 294 g/mol. The Hall–Kier alpha value is -1.39. The molecule has 118 valence electrons. The van der Waals surface area contributed by atoms with Crippen molar-refractivity contribution >= 4 is 5.97 Å². The van der Waals surface area contributed by atoms with Crippen LogP contribution in [0.2, 0.25) is 0 Å². The second-order valence-corrected chi connectivity index (χ2v) is 5.84. The van der Waals surface area contributed by atoms with Gasteiger partial charge in [-0.1, -0.05) is 38.3 Å². The van der Waals surface area contributed by atoms with Gasteiger partial charge in [0.05, 0.1) is 6.61 Å². The van der Waals surface area contributed by atoms with Crippen molar-refractivity contribution in [2.45, 2.75) is 71.1 Å². The summed E-state index contributed by atoms with van der Waals surface area (Å²) in [5.41, 5.74) is 0. The highest BCUT2D eigenvalue weighted by Crippen LogP contribution is 2.36. The fourth-order valence-corrected chi connectivity index (χ4v) is 3.14. The summed E-state index contributed by atoms with van der Waals surface area (Å²) in [4.78, 5) is 16.4. The third kappa shape index (κ3) is 3.83. The first-order valence-electron chi connectivity index (χ1n) is 8.19. The van der Waals surface area contributed by atoms with Crippen molar-refractivity contribution in [1.82, 2.24) is 10.1 Å². The quantitative estimate of drug-likeness (QED) is 0.746. The van der Waals surface area contributed by atoms with Crippen LogP contribution in [0.1, 0.15) is 82.8 Å². The Morgan fingerprint density at radius 1 is 1.38 bits per heavy atom. The fraction of sp³-hybridized carbons (Fsp3) is 0.812. The van der Waals surface area contributed by atoms with E-state index in [1.165, 1.54) is 19.3 Å². The molecule has 0 saturated heterocycles. The number of hydrogen-bond donors (Lipinski definition) is 0. The van der Waals surface area contributed by atoms with Crippen molar-refractivity contribution in [3.63, 3.8) is 0 Å². The molecule has 1 aliphatic rings. The molecule has 0 radical (unpaired) electrons. The number of carbonyl (C=O) groups is 1. The second kappa shape index (κ2) is 7.57. The topological polar surface area (TPSA) is 65.2 Å². The van der Waals surface area contributed by atoms with Crippen molar-refractivity contribution in [2.24, 2.45) is 5.92 Å². The maximum Gasteiger partial charge on any atom is 0.318 e. The molecule has 3 atom stereocenters. The first kappa shape index (κ1) is 16.0. The molecule has 1 aromatic heterocycles. The monoisotopic (exact) mass is 294 g/mol. The number of hydrogen-bond acceptors (Lipinski definition) is 5. The van der Waals surface area contributed by atoms with Gasteiger partial charge in [0, 0.05) is 5.92 Å². The Labute approximate surface area is 126 Å². The third-order valence-electron chi connectivity index (χ3n) is 4.46. The van der Waals surface area contributed by atoms with E-state index in [4.69, 9.17) is 9.26 Å². The van der Waals surface area contributed by atoms with Crippen molar-refractivity contribution in [3.8, 4) is 0 Å². The van der Waals surface area contributed by atoms with Gasteiger partial charge >= 0.3 is 5.97 Å². The molecule has 0 aliphatic heterocycles. The number of nitrogens with zero attached hydrogens (tertiary/aromatic N) is 2. The molecule has 1 heterocycles. The highest BCUT2D eigenvalue weighted by atomic mass is 16.5. The summed E-state index contributed by atoms with van der Waals surface area (Å²) in [6.07, 6.45) is 6.60. The Balaban J connectivity index is 2.07. The average Bonchev–Trinajstić information content (AvgIpc) is 2.98. The normalized spacial score (nSPS) is 23.8. The Kier molecular flexibility index (Phi) is 5.76. The first-order valence-corrected chi connectivity index (χ1v) is 8.19. The molecule has 0 amide bonds. The lowest BCUT2D eigenvalue weighted by Crippen LogP contribution is -2.17. The van der Waals surface area contributed by atoms with Crippen LogP contribution in [-0.4, -0.2) is 22.7 Å². The van der Waals surface area contributed by atoms with Crippen LogP contribution >= 0.6 is 0 Å². The fourth-order valence-electron chi connectivity index (χ4n) is 3.14. The van der Waals surface area contributed by atoms with Gasteiger partial charge in [-0.25, -0.2) is 0 Å². The molecular formula is C16H26N2O3. The molecule has 1 saturated carbocycles. The van der Waals surface area contributed by atoms with E-state index in [9.17, 15) is 4.79 Å². The van der Waals surface area contributed by atoms with Gasteiger partial charge in [-0.3, -0.25) is 4.79 Å². The minimum Gasteiger partial charge on any atom is -0.465 e. The van der Waals surface area contributed by atoms with Crippen LogP contribution in [0.4, 0.5) is 0 Å². The predicted molar refractivity (Wildman–Crippen MR) is 79.0 cm³/mol. The van der Waals surface area contributed by atoms with Crippen LogP contribution < -0.4 is 0 Å². The van der Waals surface area contributed by atoms with E-state index in [0.717, 1.165) is 24.6 Å². The highest BCUT2D eigenvalue weighted by Gasteiger charge is 2.30. The van der Waals surface area contributed by atoms with E-state index < -0.39 is 5.92 Å². The number of esters is 1. The summed E-state index contributed by atoms with van der Waals surface area (Å²) >= 11 is 0. The van der Waals surface area contributed by atoms with Crippen molar-refractivity contribution in [1.29, 1.82) is 0 Å². The maximum atomic E-state index is 11.9. The van der Waals surface area contributed by atoms with Gasteiger partial charge in [0.2, 0.25) is 5.89 Å². The summed E-state index contributed by atoms with van der Waals surface area (Å²) in [6, 6.07) is 0. The van der Waals surface area contributed by atoms with Gasteiger partial charge in [0.25, 0.3) is 0 Å². The van der Waals surface area contributed by atoms with Crippen molar-refractivity contribution in [3.05, 3.63) is 11.7 Å². The number of aromatic nitrogens is 2. The zero-order chi connectivity index (χ0) is 15.2. The van der Waals surface area contributed by atoms with Crippen LogP contribution in [0.5, 0.6) is 0 Å². The SMILES string of the molecule is CCOC(=O)C(CC)c1nc(C2CCCC(CC)C2)no1. The maximum absolute atomic E-state index is 11.9. The van der Waals surface area contributed by atoms with Crippen LogP contribution in [-0.2, 0) is 9.53 Å². The van der Waals surface area contributed by atoms with E-state index in [0.29, 0.717) is 24.8 Å². The minimum atomic E-state index is -0.434. The second-order valence-electron chi connectivity index (χ2n) is 5.84. The van der Waals surface area contributed by atoms with Crippen LogP contribution in [0, 0.1) is 5.92 Å². The summed E-state index contributed by atoms with van der Waals surface area (Å²) in [6.45, 7) is 6.34. The number of carbonyl (C=O) groups excluding carboxylic acids is 1. The van der Waals surface area contributed by atoms with E-state index in [1.807, 2.05) is 6.92 Å². The predicted octanol–water partition coefficient (Wildman–Crippen LogP) is 3.81. The summed E-state index contributed by atoms with van der Waals surface area (Å²) in [5.74, 6) is 1.61. The van der Waals surface area contributed by atoms with E-state index in [2.05, 4.69) is 17.1 Å². The van der Waals surface area contributed by atoms with Crippen LogP contribution in [0.3, 0.4) is 0 Å². The molecule has 21 heavy (non-hydrogen) atoms. The molecule has 5 heteroatoms. The molecule has 0 N–H and O–H groups in total. The molecule has 5 nitrogen and oxygen atoms in total. The molecule has 1 aliphatic carbocycles. The summed E-state index contributed by atoms with van der Waals surface area (Å²) in [5, 5.41) is 4.13. The van der Waals surface area contributed by atoms with Gasteiger partial charge in [0.15, 0.2) is 5.82 Å². The molecule has 0 aromatic carbocycles. The number of rotatable bonds is 6. The molecule has 0 spiro atoms. The molecule has 1 fully saturated rings. The zero-order valence-electron chi connectivity index (χ0n) is 13.3. The van der Waals surface area contributed by atoms with Crippen LogP contribution in [0.15, 0.2) is 4.52 Å². The lowest BCUT2D eigenvalue weighted by atomic mass is 9.80. The minimum absolute atomic E-state index is 0.273. The molecule has 1 aromatic rings. The zero-order valence-corrected chi connectivity index (χ0v) is 13.3. The van der Waals surface area contributed by atoms with Crippen molar-refractivity contribution in [2.75, 3.05) is 6.61 Å². The Morgan fingerprint density at radius 3 is 2.86 bits per heavy atom. The van der Waals surface area contributed by atoms with Gasteiger partial charge in [-0.15, -0.1) is 0 Å². The molecular weight excluding hydrogens is 268 g/mol. The van der Waals surface area contributed by atoms with Gasteiger partial charge in [0.1, 0.15) is 5.92 Å². The Morgan fingerprint density at radius 2 is 2.19 bits per heavy atom. The van der Waals surface area contributed by atoms with Gasteiger partial charge in [-0.05, 0) is 32.1 Å². The molecule has 3 unspecified atom stereocenters. The van der Waals surface area contributed by atoms with E-state index in [1.54, 1.807) is 6.92 Å². The smallest absolute Gasteiger partial charge is 0.318 e. The Bertz CT molecular complexity index is 458. The molecule has 2 rings (SSSR count). The standard InChI is InChI=1S/C16H26N2O3/c1-4-11-8-7-9-12(10-11)14-17-15(21-18-14)13(5-2)16(19)20-6-3/h11-13H,4-10H2,1-3H3. The van der Waals surface area contributed by atoms with Crippen molar-refractivity contribution < 1.29 is 14.1 Å². The summed E-state index contributed by atoms with van der Waals surface area (Å²) in [7, 11) is 0.